The number of phenols is 1. The molecule has 0 saturated carbocycles. The lowest BCUT2D eigenvalue weighted by molar-refractivity contribution is 0.472. The van der Waals surface area contributed by atoms with Gasteiger partial charge >= 0.3 is 0 Å². The molecule has 0 fully saturated rings. The summed E-state index contributed by atoms with van der Waals surface area (Å²) < 4.78 is 0. The Kier molecular flexibility index (Phi) is 4.31. The van der Waals surface area contributed by atoms with Gasteiger partial charge in [-0.1, -0.05) is 30.3 Å². The van der Waals surface area contributed by atoms with Crippen molar-refractivity contribution < 1.29 is 5.11 Å². The highest BCUT2D eigenvalue weighted by Gasteiger charge is 2.21. The SMILES string of the molecule is Cc1cccc(NC(c2cccs2)c2ccc3ccc(C)nc3c2O)n1. The number of thiophene rings is 1. The Balaban J connectivity index is 1.84. The third-order valence-corrected chi connectivity index (χ3v) is 5.26. The Hall–Kier alpha value is -2.92. The maximum atomic E-state index is 11.0. The smallest absolute Gasteiger partial charge is 0.147 e. The van der Waals surface area contributed by atoms with Gasteiger partial charge in [-0.05, 0) is 43.5 Å². The molecular weight excluding hydrogens is 342 g/mol. The van der Waals surface area contributed by atoms with Crippen molar-refractivity contribution in [3.63, 3.8) is 0 Å². The van der Waals surface area contributed by atoms with Crippen LogP contribution in [-0.2, 0) is 0 Å². The highest BCUT2D eigenvalue weighted by molar-refractivity contribution is 7.10. The van der Waals surface area contributed by atoms with Crippen molar-refractivity contribution in [2.24, 2.45) is 0 Å². The molecule has 5 heteroatoms. The van der Waals surface area contributed by atoms with Gasteiger partial charge in [-0.25, -0.2) is 9.97 Å². The van der Waals surface area contributed by atoms with Crippen LogP contribution in [0.3, 0.4) is 0 Å². The predicted octanol–water partition coefficient (Wildman–Crippen LogP) is 5.22. The monoisotopic (exact) mass is 361 g/mol. The molecule has 0 radical (unpaired) electrons. The number of aromatic nitrogens is 2. The fourth-order valence-corrected chi connectivity index (χ4v) is 3.84. The number of hydrogen-bond donors (Lipinski definition) is 2. The summed E-state index contributed by atoms with van der Waals surface area (Å²) >= 11 is 1.64. The maximum absolute atomic E-state index is 11.0. The van der Waals surface area contributed by atoms with Gasteiger partial charge in [-0.2, -0.15) is 0 Å². The molecular formula is C21H19N3OS. The molecule has 4 rings (SSSR count). The molecule has 1 unspecified atom stereocenters. The molecule has 0 aliphatic heterocycles. The van der Waals surface area contributed by atoms with Crippen molar-refractivity contribution >= 4 is 28.1 Å². The Morgan fingerprint density at radius 3 is 2.50 bits per heavy atom. The van der Waals surface area contributed by atoms with Gasteiger partial charge < -0.3 is 10.4 Å². The van der Waals surface area contributed by atoms with E-state index in [4.69, 9.17) is 0 Å². The number of fused-ring (bicyclic) bond motifs is 1. The highest BCUT2D eigenvalue weighted by Crippen LogP contribution is 2.37. The van der Waals surface area contributed by atoms with Crippen LogP contribution in [-0.4, -0.2) is 15.1 Å². The summed E-state index contributed by atoms with van der Waals surface area (Å²) in [5, 5.41) is 17.4. The van der Waals surface area contributed by atoms with E-state index in [0.29, 0.717) is 5.52 Å². The average molecular weight is 361 g/mol. The standard InChI is InChI=1S/C21H19N3OS/c1-13-5-3-7-18(22-13)24-20(17-6-4-12-26-17)16-11-10-15-9-8-14(2)23-19(15)21(16)25/h3-12,20,25H,1-2H3,(H,22,24). The van der Waals surface area contributed by atoms with Crippen LogP contribution in [0.25, 0.3) is 10.9 Å². The second kappa shape index (κ2) is 6.77. The fraction of sp³-hybridized carbons (Fsp3) is 0.143. The fourth-order valence-electron chi connectivity index (χ4n) is 3.05. The van der Waals surface area contributed by atoms with Crippen LogP contribution in [0.15, 0.2) is 60.0 Å². The molecule has 1 aromatic carbocycles. The van der Waals surface area contributed by atoms with Crippen molar-refractivity contribution in [3.8, 4) is 5.75 Å². The quantitative estimate of drug-likeness (QED) is 0.523. The van der Waals surface area contributed by atoms with Crippen LogP contribution in [0.4, 0.5) is 5.82 Å². The Morgan fingerprint density at radius 2 is 1.73 bits per heavy atom. The molecule has 2 N–H and O–H groups in total. The summed E-state index contributed by atoms with van der Waals surface area (Å²) in [6.07, 6.45) is 0. The summed E-state index contributed by atoms with van der Waals surface area (Å²) in [5.41, 5.74) is 3.25. The van der Waals surface area contributed by atoms with Gasteiger partial charge in [-0.15, -0.1) is 11.3 Å². The maximum Gasteiger partial charge on any atom is 0.147 e. The molecule has 3 heterocycles. The largest absolute Gasteiger partial charge is 0.505 e. The number of nitrogens with one attached hydrogen (secondary N) is 1. The number of aromatic hydroxyl groups is 1. The molecule has 1 atom stereocenters. The van der Waals surface area contributed by atoms with Crippen molar-refractivity contribution in [3.05, 3.63) is 81.8 Å². The molecule has 3 aromatic heterocycles. The second-order valence-corrected chi connectivity index (χ2v) is 7.26. The minimum atomic E-state index is -0.198. The molecule has 0 amide bonds. The molecule has 0 aliphatic carbocycles. The molecule has 26 heavy (non-hydrogen) atoms. The van der Waals surface area contributed by atoms with E-state index in [9.17, 15) is 5.11 Å². The third kappa shape index (κ3) is 3.13. The van der Waals surface area contributed by atoms with Gasteiger partial charge in [0, 0.05) is 27.2 Å². The van der Waals surface area contributed by atoms with E-state index in [1.807, 2.05) is 67.8 Å². The van der Waals surface area contributed by atoms with E-state index < -0.39 is 0 Å². The number of hydrogen-bond acceptors (Lipinski definition) is 5. The number of benzene rings is 1. The van der Waals surface area contributed by atoms with Gasteiger partial charge in [0.05, 0.1) is 6.04 Å². The van der Waals surface area contributed by atoms with E-state index in [1.165, 1.54) is 0 Å². The number of rotatable bonds is 4. The normalized spacial score (nSPS) is 12.2. The summed E-state index contributed by atoms with van der Waals surface area (Å²) in [6.45, 7) is 3.89. The first-order valence-electron chi connectivity index (χ1n) is 8.44. The first-order valence-corrected chi connectivity index (χ1v) is 9.32. The van der Waals surface area contributed by atoms with Crippen molar-refractivity contribution in [2.45, 2.75) is 19.9 Å². The highest BCUT2D eigenvalue weighted by atomic mass is 32.1. The first kappa shape index (κ1) is 16.5. The number of nitrogens with zero attached hydrogens (tertiary/aromatic N) is 2. The van der Waals surface area contributed by atoms with Crippen LogP contribution in [0, 0.1) is 13.8 Å². The van der Waals surface area contributed by atoms with Gasteiger partial charge in [0.2, 0.25) is 0 Å². The molecule has 0 saturated heterocycles. The molecule has 4 nitrogen and oxygen atoms in total. The average Bonchev–Trinajstić information content (AvgIpc) is 3.15. The zero-order valence-electron chi connectivity index (χ0n) is 14.6. The lowest BCUT2D eigenvalue weighted by atomic mass is 10.0. The van der Waals surface area contributed by atoms with E-state index in [2.05, 4.69) is 21.4 Å². The van der Waals surface area contributed by atoms with Gasteiger partial charge in [0.25, 0.3) is 0 Å². The van der Waals surface area contributed by atoms with E-state index >= 15 is 0 Å². The lowest BCUT2D eigenvalue weighted by Crippen LogP contribution is -2.12. The van der Waals surface area contributed by atoms with E-state index in [-0.39, 0.29) is 11.8 Å². The van der Waals surface area contributed by atoms with Crippen LogP contribution in [0.5, 0.6) is 5.75 Å². The number of anilines is 1. The van der Waals surface area contributed by atoms with Crippen LogP contribution >= 0.6 is 11.3 Å². The Bertz CT molecular complexity index is 1060. The molecule has 4 aromatic rings. The number of phenolic OH excluding ortho intramolecular Hbond substituents is 1. The van der Waals surface area contributed by atoms with Crippen molar-refractivity contribution in [1.82, 2.24) is 9.97 Å². The molecule has 0 bridgehead atoms. The minimum absolute atomic E-state index is 0.198. The van der Waals surface area contributed by atoms with Crippen LogP contribution in [0.1, 0.15) is 27.9 Å². The van der Waals surface area contributed by atoms with Gasteiger partial charge in [-0.3, -0.25) is 0 Å². The Labute approximate surface area is 156 Å². The zero-order chi connectivity index (χ0) is 18.1. The van der Waals surface area contributed by atoms with Crippen LogP contribution < -0.4 is 5.32 Å². The molecule has 130 valence electrons. The van der Waals surface area contributed by atoms with Gasteiger partial charge in [0.1, 0.15) is 17.1 Å². The first-order chi connectivity index (χ1) is 12.6. The summed E-state index contributed by atoms with van der Waals surface area (Å²) in [7, 11) is 0. The van der Waals surface area contributed by atoms with Crippen molar-refractivity contribution in [1.29, 1.82) is 0 Å². The van der Waals surface area contributed by atoms with E-state index in [0.717, 1.165) is 33.0 Å². The zero-order valence-corrected chi connectivity index (χ0v) is 15.4. The number of pyridine rings is 2. The van der Waals surface area contributed by atoms with E-state index in [1.54, 1.807) is 11.3 Å². The van der Waals surface area contributed by atoms with Gasteiger partial charge in [0.15, 0.2) is 0 Å². The molecule has 0 spiro atoms. The third-order valence-electron chi connectivity index (χ3n) is 4.33. The predicted molar refractivity (Wildman–Crippen MR) is 107 cm³/mol. The topological polar surface area (TPSA) is 58.0 Å². The lowest BCUT2D eigenvalue weighted by Gasteiger charge is -2.20. The summed E-state index contributed by atoms with van der Waals surface area (Å²) in [4.78, 5) is 10.2. The second-order valence-electron chi connectivity index (χ2n) is 6.28. The Morgan fingerprint density at radius 1 is 0.923 bits per heavy atom. The van der Waals surface area contributed by atoms with Crippen LogP contribution in [0.2, 0.25) is 0 Å². The van der Waals surface area contributed by atoms with Crippen molar-refractivity contribution in [2.75, 3.05) is 5.32 Å². The molecule has 0 aliphatic rings. The number of aryl methyl sites for hydroxylation is 2. The minimum Gasteiger partial charge on any atom is -0.505 e. The summed E-state index contributed by atoms with van der Waals surface area (Å²) in [5.74, 6) is 0.991. The summed E-state index contributed by atoms with van der Waals surface area (Å²) in [6, 6.07) is 17.6.